The number of nitrogens with one attached hydrogen (secondary N) is 2. The molecule has 0 aliphatic carbocycles. The van der Waals surface area contributed by atoms with E-state index in [1.807, 2.05) is 97.0 Å². The third-order valence-corrected chi connectivity index (χ3v) is 7.45. The van der Waals surface area contributed by atoms with Gasteiger partial charge in [0.2, 0.25) is 11.8 Å². The van der Waals surface area contributed by atoms with Crippen LogP contribution in [0.4, 0.5) is 0 Å². The number of aromatic amines is 1. The number of para-hydroxylation sites is 1. The molecule has 6 nitrogen and oxygen atoms in total. The third kappa shape index (κ3) is 5.30. The second-order valence-electron chi connectivity index (χ2n) is 9.93. The van der Waals surface area contributed by atoms with E-state index in [0.717, 1.165) is 27.6 Å². The van der Waals surface area contributed by atoms with E-state index in [2.05, 4.69) is 23.3 Å². The molecule has 3 aromatic carbocycles. The lowest BCUT2D eigenvalue weighted by atomic mass is 9.90. The summed E-state index contributed by atoms with van der Waals surface area (Å²) in [6.45, 7) is 3.73. The quantitative estimate of drug-likeness (QED) is 0.383. The highest BCUT2D eigenvalue weighted by molar-refractivity contribution is 5.92. The maximum absolute atomic E-state index is 14.0. The average molecular weight is 495 g/mol. The van der Waals surface area contributed by atoms with E-state index < -0.39 is 12.1 Å². The molecule has 3 atom stereocenters. The standard InChI is InChI=1S/C31H34N4O2/c1-22(26-20-33-27-16-10-9-15-25(26)27)29-31(37)35(18-17-32-29)28(19-23-11-5-3-6-12-23)30(36)34(2)21-24-13-7-4-8-14-24/h3-16,20,22,28-29,32-33H,17-19,21H2,1-2H3/t22?,28-,29-/m1/s1. The maximum atomic E-state index is 14.0. The Morgan fingerprint density at radius 1 is 0.973 bits per heavy atom. The Labute approximate surface area is 218 Å². The van der Waals surface area contributed by atoms with Gasteiger partial charge in [0.25, 0.3) is 0 Å². The largest absolute Gasteiger partial charge is 0.361 e. The highest BCUT2D eigenvalue weighted by Gasteiger charge is 2.40. The first-order chi connectivity index (χ1) is 18.0. The Balaban J connectivity index is 1.41. The predicted molar refractivity (Wildman–Crippen MR) is 147 cm³/mol. The van der Waals surface area contributed by atoms with Crippen molar-refractivity contribution >= 4 is 22.7 Å². The number of hydrogen-bond donors (Lipinski definition) is 2. The average Bonchev–Trinajstić information content (AvgIpc) is 3.37. The summed E-state index contributed by atoms with van der Waals surface area (Å²) < 4.78 is 0. The lowest BCUT2D eigenvalue weighted by Crippen LogP contribution is -2.62. The second-order valence-corrected chi connectivity index (χ2v) is 9.93. The first-order valence-corrected chi connectivity index (χ1v) is 13.0. The number of nitrogens with zero attached hydrogens (tertiary/aromatic N) is 2. The molecular weight excluding hydrogens is 460 g/mol. The van der Waals surface area contributed by atoms with Crippen LogP contribution < -0.4 is 5.32 Å². The van der Waals surface area contributed by atoms with Crippen LogP contribution in [-0.2, 0) is 22.6 Å². The summed E-state index contributed by atoms with van der Waals surface area (Å²) in [7, 11) is 1.83. The SMILES string of the molecule is CC(c1c[nH]c2ccccc12)[C@H]1NCCN([C@H](Cc2ccccc2)C(=O)N(C)Cc2ccccc2)C1=O. The van der Waals surface area contributed by atoms with Crippen LogP contribution in [-0.4, -0.2) is 58.8 Å². The molecule has 2 amide bonds. The number of piperazine rings is 1. The van der Waals surface area contributed by atoms with Crippen LogP contribution in [0.1, 0.15) is 29.5 Å². The van der Waals surface area contributed by atoms with E-state index in [1.54, 1.807) is 4.90 Å². The van der Waals surface area contributed by atoms with Gasteiger partial charge in [0.15, 0.2) is 0 Å². The topological polar surface area (TPSA) is 68.4 Å². The zero-order valence-electron chi connectivity index (χ0n) is 21.4. The van der Waals surface area contributed by atoms with Gasteiger partial charge in [0.1, 0.15) is 6.04 Å². The Bertz CT molecular complexity index is 1350. The molecule has 2 heterocycles. The van der Waals surface area contributed by atoms with Gasteiger partial charge in [-0.15, -0.1) is 0 Å². The van der Waals surface area contributed by atoms with Crippen LogP contribution in [0.3, 0.4) is 0 Å². The smallest absolute Gasteiger partial charge is 0.245 e. The molecule has 1 unspecified atom stereocenters. The van der Waals surface area contributed by atoms with Crippen LogP contribution >= 0.6 is 0 Å². The maximum Gasteiger partial charge on any atom is 0.245 e. The first-order valence-electron chi connectivity index (χ1n) is 13.0. The van der Waals surface area contributed by atoms with Gasteiger partial charge in [-0.2, -0.15) is 0 Å². The summed E-state index contributed by atoms with van der Waals surface area (Å²) in [4.78, 5) is 34.8. The molecule has 37 heavy (non-hydrogen) atoms. The van der Waals surface area contributed by atoms with Crippen molar-refractivity contribution in [2.24, 2.45) is 0 Å². The Morgan fingerprint density at radius 2 is 1.62 bits per heavy atom. The molecule has 5 rings (SSSR count). The molecule has 0 saturated carbocycles. The van der Waals surface area contributed by atoms with Gasteiger partial charge in [-0.25, -0.2) is 0 Å². The molecule has 1 aliphatic heterocycles. The number of hydrogen-bond acceptors (Lipinski definition) is 3. The number of carbonyl (C=O) groups is 2. The van der Waals surface area contributed by atoms with Gasteiger partial charge in [-0.05, 0) is 22.8 Å². The first kappa shape index (κ1) is 24.8. The van der Waals surface area contributed by atoms with Crippen molar-refractivity contribution in [3.8, 4) is 0 Å². The van der Waals surface area contributed by atoms with E-state index in [0.29, 0.717) is 26.1 Å². The third-order valence-electron chi connectivity index (χ3n) is 7.45. The molecule has 1 aliphatic rings. The van der Waals surface area contributed by atoms with E-state index in [4.69, 9.17) is 0 Å². The van der Waals surface area contributed by atoms with Crippen LogP contribution in [0.2, 0.25) is 0 Å². The number of rotatable bonds is 8. The Kier molecular flexibility index (Phi) is 7.37. The molecule has 190 valence electrons. The number of amides is 2. The fourth-order valence-corrected chi connectivity index (χ4v) is 5.42. The molecule has 1 aromatic heterocycles. The van der Waals surface area contributed by atoms with Gasteiger partial charge in [0.05, 0.1) is 6.04 Å². The summed E-state index contributed by atoms with van der Waals surface area (Å²) in [5.74, 6) is -0.117. The van der Waals surface area contributed by atoms with E-state index in [9.17, 15) is 9.59 Å². The van der Waals surface area contributed by atoms with Gasteiger partial charge >= 0.3 is 0 Å². The van der Waals surface area contributed by atoms with E-state index in [1.165, 1.54) is 0 Å². The van der Waals surface area contributed by atoms with Crippen molar-refractivity contribution in [3.05, 3.63) is 108 Å². The minimum Gasteiger partial charge on any atom is -0.361 e. The second kappa shape index (κ2) is 11.0. The number of H-pyrrole nitrogens is 1. The summed E-state index contributed by atoms with van der Waals surface area (Å²) in [6, 6.07) is 27.1. The minimum absolute atomic E-state index is 0.0218. The van der Waals surface area contributed by atoms with Crippen molar-refractivity contribution in [1.82, 2.24) is 20.1 Å². The van der Waals surface area contributed by atoms with Crippen molar-refractivity contribution in [3.63, 3.8) is 0 Å². The molecular formula is C31H34N4O2. The molecule has 0 spiro atoms. The van der Waals surface area contributed by atoms with Gasteiger partial charge < -0.3 is 20.1 Å². The summed E-state index contributed by atoms with van der Waals surface area (Å²) >= 11 is 0. The zero-order valence-corrected chi connectivity index (χ0v) is 21.4. The Hall–Kier alpha value is -3.90. The molecule has 4 aromatic rings. The summed E-state index contributed by atoms with van der Waals surface area (Å²) in [6.07, 6.45) is 2.49. The fourth-order valence-electron chi connectivity index (χ4n) is 5.42. The molecule has 6 heteroatoms. The van der Waals surface area contributed by atoms with Crippen LogP contribution in [0.5, 0.6) is 0 Å². The van der Waals surface area contributed by atoms with E-state index >= 15 is 0 Å². The molecule has 1 fully saturated rings. The lowest BCUT2D eigenvalue weighted by Gasteiger charge is -2.41. The number of carbonyl (C=O) groups excluding carboxylic acids is 2. The fraction of sp³-hybridized carbons (Fsp3) is 0.290. The summed E-state index contributed by atoms with van der Waals surface area (Å²) in [5.41, 5.74) is 4.27. The Morgan fingerprint density at radius 3 is 2.35 bits per heavy atom. The van der Waals surface area contributed by atoms with Crippen LogP contribution in [0, 0.1) is 0 Å². The lowest BCUT2D eigenvalue weighted by molar-refractivity contribution is -0.148. The summed E-state index contributed by atoms with van der Waals surface area (Å²) in [5, 5.41) is 4.57. The van der Waals surface area contributed by atoms with Crippen molar-refractivity contribution in [2.45, 2.75) is 37.9 Å². The van der Waals surface area contributed by atoms with Crippen molar-refractivity contribution in [1.29, 1.82) is 0 Å². The number of likely N-dealkylation sites (N-methyl/N-ethyl adjacent to an activating group) is 1. The monoisotopic (exact) mass is 494 g/mol. The predicted octanol–water partition coefficient (Wildman–Crippen LogP) is 4.34. The highest BCUT2D eigenvalue weighted by atomic mass is 16.2. The minimum atomic E-state index is -0.566. The van der Waals surface area contributed by atoms with Gasteiger partial charge in [0, 0.05) is 56.1 Å². The number of aromatic nitrogens is 1. The molecule has 0 radical (unpaired) electrons. The van der Waals surface area contributed by atoms with Crippen LogP contribution in [0.25, 0.3) is 10.9 Å². The number of benzene rings is 3. The van der Waals surface area contributed by atoms with Gasteiger partial charge in [-0.1, -0.05) is 85.8 Å². The van der Waals surface area contributed by atoms with Crippen LogP contribution in [0.15, 0.2) is 91.1 Å². The normalized spacial score (nSPS) is 17.5. The molecule has 2 N–H and O–H groups in total. The van der Waals surface area contributed by atoms with Crippen molar-refractivity contribution in [2.75, 3.05) is 20.1 Å². The highest BCUT2D eigenvalue weighted by Crippen LogP contribution is 2.30. The van der Waals surface area contributed by atoms with Crippen molar-refractivity contribution < 1.29 is 9.59 Å². The molecule has 1 saturated heterocycles. The zero-order chi connectivity index (χ0) is 25.8. The van der Waals surface area contributed by atoms with Gasteiger partial charge in [-0.3, -0.25) is 9.59 Å². The number of fused-ring (bicyclic) bond motifs is 1. The molecule has 0 bridgehead atoms. The van der Waals surface area contributed by atoms with E-state index in [-0.39, 0.29) is 17.7 Å².